The van der Waals surface area contributed by atoms with Gasteiger partial charge in [0, 0.05) is 5.46 Å². The number of thiophene rings is 1. The Kier molecular flexibility index (Phi) is 2.91. The van der Waals surface area contributed by atoms with Gasteiger partial charge in [0.2, 0.25) is 0 Å². The summed E-state index contributed by atoms with van der Waals surface area (Å²) in [6.07, 6.45) is -4.50. The first-order valence-electron chi connectivity index (χ1n) is 3.05. The molecule has 0 unspecified atom stereocenters. The summed E-state index contributed by atoms with van der Waals surface area (Å²) in [6, 6.07) is 0.623. The van der Waals surface area contributed by atoms with Gasteiger partial charge in [-0.3, -0.25) is 0 Å². The first-order valence-corrected chi connectivity index (χ1v) is 4.24. The second kappa shape index (κ2) is 3.49. The standard InChI is InChI=1S/C5H3BClF3O2S/c7-4-2(6(11)12)1-3(13-4)5(8,9)10/h1,11-12H. The van der Waals surface area contributed by atoms with E-state index >= 15 is 0 Å². The molecule has 0 bridgehead atoms. The molecule has 72 valence electrons. The highest BCUT2D eigenvalue weighted by Crippen LogP contribution is 2.35. The van der Waals surface area contributed by atoms with Crippen LogP contribution in [0.25, 0.3) is 0 Å². The van der Waals surface area contributed by atoms with Crippen molar-refractivity contribution in [3.8, 4) is 0 Å². The van der Waals surface area contributed by atoms with Gasteiger partial charge < -0.3 is 10.0 Å². The van der Waals surface area contributed by atoms with Gasteiger partial charge in [-0.15, -0.1) is 11.3 Å². The lowest BCUT2D eigenvalue weighted by atomic mass is 9.82. The third-order valence-corrected chi connectivity index (χ3v) is 2.70. The Morgan fingerprint density at radius 1 is 1.38 bits per heavy atom. The van der Waals surface area contributed by atoms with E-state index in [0.29, 0.717) is 6.07 Å². The summed E-state index contributed by atoms with van der Waals surface area (Å²) in [5.74, 6) is 0. The minimum atomic E-state index is -4.50. The van der Waals surface area contributed by atoms with Crippen molar-refractivity contribution in [2.45, 2.75) is 6.18 Å². The van der Waals surface area contributed by atoms with E-state index in [0.717, 1.165) is 0 Å². The second-order valence-electron chi connectivity index (χ2n) is 2.21. The lowest BCUT2D eigenvalue weighted by Gasteiger charge is -2.00. The van der Waals surface area contributed by atoms with Crippen molar-refractivity contribution in [3.05, 3.63) is 15.3 Å². The molecule has 0 aliphatic rings. The molecule has 0 saturated carbocycles. The predicted molar refractivity (Wildman–Crippen MR) is 44.2 cm³/mol. The number of hydrogen-bond donors (Lipinski definition) is 2. The molecule has 0 radical (unpaired) electrons. The van der Waals surface area contributed by atoms with Crippen LogP contribution in [0.3, 0.4) is 0 Å². The number of hydrogen-bond acceptors (Lipinski definition) is 3. The first-order chi connectivity index (χ1) is 5.82. The fourth-order valence-corrected chi connectivity index (χ4v) is 1.88. The zero-order valence-corrected chi connectivity index (χ0v) is 7.54. The normalized spacial score (nSPS) is 11.8. The molecule has 13 heavy (non-hydrogen) atoms. The minimum Gasteiger partial charge on any atom is -0.423 e. The van der Waals surface area contributed by atoms with Crippen LogP contribution in [0.15, 0.2) is 6.07 Å². The van der Waals surface area contributed by atoms with Gasteiger partial charge in [-0.05, 0) is 6.07 Å². The van der Waals surface area contributed by atoms with Crippen LogP contribution in [0.4, 0.5) is 13.2 Å². The molecule has 0 amide bonds. The molecule has 1 rings (SSSR count). The summed E-state index contributed by atoms with van der Waals surface area (Å²) in [7, 11) is -1.97. The molecule has 2 nitrogen and oxygen atoms in total. The van der Waals surface area contributed by atoms with Gasteiger partial charge in [-0.1, -0.05) is 11.6 Å². The topological polar surface area (TPSA) is 40.5 Å². The largest absolute Gasteiger partial charge is 0.490 e. The predicted octanol–water partition coefficient (Wildman–Crippen LogP) is 1.10. The van der Waals surface area contributed by atoms with Crippen LogP contribution in [0.5, 0.6) is 0 Å². The average molecular weight is 230 g/mol. The Labute approximate surface area is 80.7 Å². The van der Waals surface area contributed by atoms with E-state index in [2.05, 4.69) is 0 Å². The number of rotatable bonds is 1. The highest BCUT2D eigenvalue weighted by Gasteiger charge is 2.35. The maximum atomic E-state index is 12.0. The Bertz CT molecular complexity index is 311. The minimum absolute atomic E-state index is 0.262. The number of halogens is 4. The Morgan fingerprint density at radius 2 is 1.92 bits per heavy atom. The van der Waals surface area contributed by atoms with Gasteiger partial charge in [0.15, 0.2) is 0 Å². The maximum absolute atomic E-state index is 12.0. The van der Waals surface area contributed by atoms with E-state index < -0.39 is 18.2 Å². The van der Waals surface area contributed by atoms with E-state index in [9.17, 15) is 13.2 Å². The van der Waals surface area contributed by atoms with E-state index in [4.69, 9.17) is 21.6 Å². The Balaban J connectivity index is 3.10. The molecule has 1 aromatic heterocycles. The van der Waals surface area contributed by atoms with Crippen LogP contribution in [-0.2, 0) is 6.18 Å². The van der Waals surface area contributed by atoms with Crippen molar-refractivity contribution >= 4 is 35.5 Å². The van der Waals surface area contributed by atoms with Crippen LogP contribution in [0, 0.1) is 0 Å². The molecule has 2 N–H and O–H groups in total. The van der Waals surface area contributed by atoms with E-state index in [1.807, 2.05) is 0 Å². The van der Waals surface area contributed by atoms with Crippen molar-refractivity contribution in [1.29, 1.82) is 0 Å². The lowest BCUT2D eigenvalue weighted by Crippen LogP contribution is -2.29. The second-order valence-corrected chi connectivity index (χ2v) is 3.87. The van der Waals surface area contributed by atoms with Gasteiger partial charge in [0.25, 0.3) is 0 Å². The summed E-state index contributed by atoms with van der Waals surface area (Å²) in [5, 5.41) is 17.2. The molecule has 1 heterocycles. The van der Waals surface area contributed by atoms with Gasteiger partial charge in [-0.2, -0.15) is 13.2 Å². The molecule has 0 fully saturated rings. The van der Waals surface area contributed by atoms with Crippen LogP contribution in [0.1, 0.15) is 4.88 Å². The summed E-state index contributed by atoms with van der Waals surface area (Å²) in [6.45, 7) is 0. The molecular formula is C5H3BClF3O2S. The van der Waals surface area contributed by atoms with Crippen LogP contribution in [-0.4, -0.2) is 17.2 Å². The number of alkyl halides is 3. The van der Waals surface area contributed by atoms with Crippen molar-refractivity contribution in [2.24, 2.45) is 0 Å². The highest BCUT2D eigenvalue weighted by atomic mass is 35.5. The van der Waals surface area contributed by atoms with Crippen LogP contribution >= 0.6 is 22.9 Å². The summed E-state index contributed by atoms with van der Waals surface area (Å²) in [4.78, 5) is -0.944. The van der Waals surface area contributed by atoms with E-state index in [-0.39, 0.29) is 21.1 Å². The maximum Gasteiger partial charge on any atom is 0.490 e. The summed E-state index contributed by atoms with van der Waals surface area (Å²) < 4.78 is 35.8. The van der Waals surface area contributed by atoms with Crippen LogP contribution < -0.4 is 5.46 Å². The quantitative estimate of drug-likeness (QED) is 0.709. The lowest BCUT2D eigenvalue weighted by molar-refractivity contribution is -0.134. The molecule has 1 aromatic rings. The zero-order valence-electron chi connectivity index (χ0n) is 5.97. The molecule has 0 spiro atoms. The Hall–Kier alpha value is -0.235. The monoisotopic (exact) mass is 230 g/mol. The van der Waals surface area contributed by atoms with Crippen molar-refractivity contribution in [1.82, 2.24) is 0 Å². The summed E-state index contributed by atoms with van der Waals surface area (Å²) >= 11 is 5.61. The van der Waals surface area contributed by atoms with Crippen LogP contribution in [0.2, 0.25) is 4.34 Å². The molecule has 8 heteroatoms. The fourth-order valence-electron chi connectivity index (χ4n) is 0.699. The first kappa shape index (κ1) is 10.8. The van der Waals surface area contributed by atoms with Gasteiger partial charge in [0.05, 0.1) is 4.34 Å². The van der Waals surface area contributed by atoms with E-state index in [1.54, 1.807) is 0 Å². The molecule has 0 aliphatic heterocycles. The Morgan fingerprint density at radius 3 is 2.15 bits per heavy atom. The molecule has 0 aromatic carbocycles. The average Bonchev–Trinajstić information content (AvgIpc) is 2.29. The summed E-state index contributed by atoms with van der Waals surface area (Å²) in [5.41, 5.74) is -0.320. The highest BCUT2D eigenvalue weighted by molar-refractivity contribution is 7.17. The smallest absolute Gasteiger partial charge is 0.423 e. The molecular weight excluding hydrogens is 227 g/mol. The van der Waals surface area contributed by atoms with E-state index in [1.165, 1.54) is 0 Å². The third-order valence-electron chi connectivity index (χ3n) is 1.27. The van der Waals surface area contributed by atoms with Crippen molar-refractivity contribution in [3.63, 3.8) is 0 Å². The molecule has 0 atom stereocenters. The molecule has 0 aliphatic carbocycles. The fraction of sp³-hybridized carbons (Fsp3) is 0.200. The zero-order chi connectivity index (χ0) is 10.2. The van der Waals surface area contributed by atoms with Crippen molar-refractivity contribution in [2.75, 3.05) is 0 Å². The van der Waals surface area contributed by atoms with Gasteiger partial charge in [-0.25, -0.2) is 0 Å². The molecule has 0 saturated heterocycles. The van der Waals surface area contributed by atoms with Gasteiger partial charge in [0.1, 0.15) is 4.88 Å². The SMILES string of the molecule is OB(O)c1cc(C(F)(F)F)sc1Cl. The van der Waals surface area contributed by atoms with Crippen molar-refractivity contribution < 1.29 is 23.2 Å². The van der Waals surface area contributed by atoms with Gasteiger partial charge >= 0.3 is 13.3 Å². The third kappa shape index (κ3) is 2.37.